The van der Waals surface area contributed by atoms with E-state index in [1.807, 2.05) is 37.3 Å². The van der Waals surface area contributed by atoms with E-state index in [0.29, 0.717) is 6.42 Å². The van der Waals surface area contributed by atoms with Crippen molar-refractivity contribution in [3.8, 4) is 5.75 Å². The first kappa shape index (κ1) is 13.8. The van der Waals surface area contributed by atoms with Crippen LogP contribution in [-0.4, -0.2) is 12.9 Å². The summed E-state index contributed by atoms with van der Waals surface area (Å²) in [7, 11) is 1.64. The number of hydrogen-bond acceptors (Lipinski definition) is 3. The molecule has 1 aliphatic rings. The van der Waals surface area contributed by atoms with E-state index < -0.39 is 0 Å². The summed E-state index contributed by atoms with van der Waals surface area (Å²) < 4.78 is 5.35. The van der Waals surface area contributed by atoms with Crippen LogP contribution in [0.2, 0.25) is 0 Å². The quantitative estimate of drug-likeness (QED) is 0.875. The van der Waals surface area contributed by atoms with E-state index in [4.69, 9.17) is 4.74 Å². The lowest BCUT2D eigenvalue weighted by molar-refractivity contribution is 0.0992. The van der Waals surface area contributed by atoms with Crippen LogP contribution in [0.1, 0.15) is 32.6 Å². The molecule has 3 heteroatoms. The summed E-state index contributed by atoms with van der Waals surface area (Å²) in [6.07, 6.45) is 0.372. The van der Waals surface area contributed by atoms with Crippen LogP contribution in [0.5, 0.6) is 5.75 Å². The standard InChI is InChI=1S/C18H19NO2/c1-12-3-6-18(21-2)15(7-12)9-17(20)13-4-5-14-10-19-11-16(14)8-13/h3-8,19H,9-11H2,1-2H3. The Hall–Kier alpha value is -2.13. The van der Waals surface area contributed by atoms with Crippen LogP contribution in [0.25, 0.3) is 0 Å². The highest BCUT2D eigenvalue weighted by molar-refractivity contribution is 5.98. The second-order valence-corrected chi connectivity index (χ2v) is 5.50. The number of hydrogen-bond donors (Lipinski definition) is 1. The lowest BCUT2D eigenvalue weighted by atomic mass is 9.98. The zero-order valence-corrected chi connectivity index (χ0v) is 12.4. The fourth-order valence-corrected chi connectivity index (χ4v) is 2.79. The first-order chi connectivity index (χ1) is 10.2. The molecule has 3 rings (SSSR count). The van der Waals surface area contributed by atoms with E-state index in [2.05, 4.69) is 11.4 Å². The minimum Gasteiger partial charge on any atom is -0.496 e. The van der Waals surface area contributed by atoms with Crippen molar-refractivity contribution in [3.05, 3.63) is 64.2 Å². The van der Waals surface area contributed by atoms with Gasteiger partial charge in [-0.05, 0) is 30.2 Å². The van der Waals surface area contributed by atoms with Crippen LogP contribution in [0, 0.1) is 6.92 Å². The molecular weight excluding hydrogens is 262 g/mol. The van der Waals surface area contributed by atoms with E-state index in [1.54, 1.807) is 7.11 Å². The molecule has 0 saturated carbocycles. The molecule has 3 nitrogen and oxygen atoms in total. The fourth-order valence-electron chi connectivity index (χ4n) is 2.79. The third-order valence-corrected chi connectivity index (χ3v) is 3.95. The summed E-state index contributed by atoms with van der Waals surface area (Å²) in [5.41, 5.74) is 5.38. The number of Topliss-reactive ketones (excluding diaryl/α,β-unsaturated/α-hetero) is 1. The zero-order chi connectivity index (χ0) is 14.8. The third-order valence-electron chi connectivity index (χ3n) is 3.95. The van der Waals surface area contributed by atoms with E-state index in [1.165, 1.54) is 11.1 Å². The first-order valence-electron chi connectivity index (χ1n) is 7.16. The molecule has 1 aliphatic heterocycles. The number of ether oxygens (including phenoxy) is 1. The third kappa shape index (κ3) is 2.83. The van der Waals surface area contributed by atoms with Crippen molar-refractivity contribution in [2.75, 3.05) is 7.11 Å². The monoisotopic (exact) mass is 281 g/mol. The molecule has 0 spiro atoms. The fraction of sp³-hybridized carbons (Fsp3) is 0.278. The second-order valence-electron chi connectivity index (χ2n) is 5.50. The molecule has 0 aromatic heterocycles. The molecule has 2 aromatic rings. The van der Waals surface area contributed by atoms with Crippen molar-refractivity contribution in [2.24, 2.45) is 0 Å². The Morgan fingerprint density at radius 1 is 1.14 bits per heavy atom. The first-order valence-corrected chi connectivity index (χ1v) is 7.16. The highest BCUT2D eigenvalue weighted by atomic mass is 16.5. The van der Waals surface area contributed by atoms with Crippen LogP contribution in [0.3, 0.4) is 0 Å². The summed E-state index contributed by atoms with van der Waals surface area (Å²) >= 11 is 0. The SMILES string of the molecule is COc1ccc(C)cc1CC(=O)c1ccc2c(c1)CNC2. The molecule has 0 saturated heterocycles. The Morgan fingerprint density at radius 3 is 2.76 bits per heavy atom. The van der Waals surface area contributed by atoms with Gasteiger partial charge in [0.2, 0.25) is 0 Å². The molecule has 0 amide bonds. The van der Waals surface area contributed by atoms with E-state index >= 15 is 0 Å². The molecule has 0 fully saturated rings. The number of carbonyl (C=O) groups is 1. The van der Waals surface area contributed by atoms with Gasteiger partial charge in [-0.3, -0.25) is 4.79 Å². The maximum absolute atomic E-state index is 12.5. The molecule has 0 aliphatic carbocycles. The van der Waals surface area contributed by atoms with Gasteiger partial charge in [0.05, 0.1) is 7.11 Å². The van der Waals surface area contributed by atoms with Gasteiger partial charge in [-0.2, -0.15) is 0 Å². The normalized spacial score (nSPS) is 13.0. The number of rotatable bonds is 4. The molecule has 0 atom stereocenters. The number of methoxy groups -OCH3 is 1. The summed E-state index contributed by atoms with van der Waals surface area (Å²) in [5.74, 6) is 0.908. The molecule has 1 heterocycles. The Labute approximate surface area is 124 Å². The predicted octanol–water partition coefficient (Wildman–Crippen LogP) is 3.03. The Morgan fingerprint density at radius 2 is 1.95 bits per heavy atom. The topological polar surface area (TPSA) is 38.3 Å². The molecule has 1 N–H and O–H groups in total. The second kappa shape index (κ2) is 5.70. The molecule has 0 bridgehead atoms. The van der Waals surface area contributed by atoms with Crippen molar-refractivity contribution >= 4 is 5.78 Å². The number of ketones is 1. The van der Waals surface area contributed by atoms with Gasteiger partial charge in [0.25, 0.3) is 0 Å². The molecular formula is C18H19NO2. The summed E-state index contributed by atoms with van der Waals surface area (Å²) in [6, 6.07) is 11.9. The average Bonchev–Trinajstić information content (AvgIpc) is 2.94. The minimum absolute atomic E-state index is 0.133. The van der Waals surface area contributed by atoms with Crippen LogP contribution in [0.15, 0.2) is 36.4 Å². The highest BCUT2D eigenvalue weighted by Crippen LogP contribution is 2.23. The van der Waals surface area contributed by atoms with Crippen molar-refractivity contribution in [1.29, 1.82) is 0 Å². The lowest BCUT2D eigenvalue weighted by Gasteiger charge is -2.09. The zero-order valence-electron chi connectivity index (χ0n) is 12.4. The average molecular weight is 281 g/mol. The van der Waals surface area contributed by atoms with Gasteiger partial charge in [-0.15, -0.1) is 0 Å². The van der Waals surface area contributed by atoms with Crippen LogP contribution >= 0.6 is 0 Å². The number of carbonyl (C=O) groups excluding carboxylic acids is 1. The van der Waals surface area contributed by atoms with Gasteiger partial charge in [-0.25, -0.2) is 0 Å². The Balaban J connectivity index is 1.85. The van der Waals surface area contributed by atoms with Crippen LogP contribution in [0.4, 0.5) is 0 Å². The maximum atomic E-state index is 12.5. The van der Waals surface area contributed by atoms with Gasteiger partial charge in [0.15, 0.2) is 5.78 Å². The van der Waals surface area contributed by atoms with Gasteiger partial charge in [-0.1, -0.05) is 29.8 Å². The molecule has 0 unspecified atom stereocenters. The van der Waals surface area contributed by atoms with E-state index in [0.717, 1.165) is 35.5 Å². The number of benzene rings is 2. The predicted molar refractivity (Wildman–Crippen MR) is 82.8 cm³/mol. The lowest BCUT2D eigenvalue weighted by Crippen LogP contribution is -2.06. The van der Waals surface area contributed by atoms with Crippen LogP contribution in [-0.2, 0) is 19.5 Å². The van der Waals surface area contributed by atoms with E-state index in [9.17, 15) is 4.79 Å². The van der Waals surface area contributed by atoms with Gasteiger partial charge < -0.3 is 10.1 Å². The van der Waals surface area contributed by atoms with Gasteiger partial charge in [0.1, 0.15) is 5.75 Å². The Kier molecular flexibility index (Phi) is 3.76. The number of aryl methyl sites for hydroxylation is 1. The van der Waals surface area contributed by atoms with Crippen LogP contribution < -0.4 is 10.1 Å². The molecule has 21 heavy (non-hydrogen) atoms. The number of nitrogens with one attached hydrogen (secondary N) is 1. The van der Waals surface area contributed by atoms with Gasteiger partial charge in [0, 0.05) is 30.6 Å². The summed E-state index contributed by atoms with van der Waals surface area (Å²) in [5, 5.41) is 3.30. The molecule has 108 valence electrons. The summed E-state index contributed by atoms with van der Waals surface area (Å²) in [4.78, 5) is 12.5. The van der Waals surface area contributed by atoms with Crippen molar-refractivity contribution in [2.45, 2.75) is 26.4 Å². The van der Waals surface area contributed by atoms with Crippen molar-refractivity contribution < 1.29 is 9.53 Å². The molecule has 2 aromatic carbocycles. The number of fused-ring (bicyclic) bond motifs is 1. The molecule has 0 radical (unpaired) electrons. The summed E-state index contributed by atoms with van der Waals surface area (Å²) in [6.45, 7) is 3.77. The van der Waals surface area contributed by atoms with Gasteiger partial charge >= 0.3 is 0 Å². The maximum Gasteiger partial charge on any atom is 0.167 e. The van der Waals surface area contributed by atoms with E-state index in [-0.39, 0.29) is 5.78 Å². The smallest absolute Gasteiger partial charge is 0.167 e. The minimum atomic E-state index is 0.133. The Bertz CT molecular complexity index is 692. The van der Waals surface area contributed by atoms with Crippen molar-refractivity contribution in [3.63, 3.8) is 0 Å². The largest absolute Gasteiger partial charge is 0.496 e. The highest BCUT2D eigenvalue weighted by Gasteiger charge is 2.15. The van der Waals surface area contributed by atoms with Crippen molar-refractivity contribution in [1.82, 2.24) is 5.32 Å².